The van der Waals surface area contributed by atoms with Crippen molar-refractivity contribution in [3.63, 3.8) is 0 Å². The molecule has 0 spiro atoms. The van der Waals surface area contributed by atoms with Crippen LogP contribution in [0, 0.1) is 11.8 Å². The molecule has 3 rings (SSSR count). The first-order valence-corrected chi connectivity index (χ1v) is 16.4. The maximum atomic E-state index is 13.7. The van der Waals surface area contributed by atoms with E-state index in [-0.39, 0.29) is 23.8 Å². The predicted molar refractivity (Wildman–Crippen MR) is 169 cm³/mol. The highest BCUT2D eigenvalue weighted by molar-refractivity contribution is 7.88. The summed E-state index contributed by atoms with van der Waals surface area (Å²) in [5, 5.41) is 8.82. The van der Waals surface area contributed by atoms with E-state index in [0.29, 0.717) is 0 Å². The maximum absolute atomic E-state index is 13.7. The van der Waals surface area contributed by atoms with Gasteiger partial charge in [0.2, 0.25) is 5.91 Å². The van der Waals surface area contributed by atoms with Crippen LogP contribution in [0.2, 0.25) is 0 Å². The van der Waals surface area contributed by atoms with E-state index in [4.69, 9.17) is 4.74 Å². The molecule has 5 nitrogen and oxygen atoms in total. The van der Waals surface area contributed by atoms with Crippen LogP contribution in [0.4, 0.5) is 4.79 Å². The van der Waals surface area contributed by atoms with E-state index >= 15 is 0 Å². The lowest BCUT2D eigenvalue weighted by atomic mass is 10.0. The lowest BCUT2D eigenvalue weighted by Crippen LogP contribution is -2.55. The van der Waals surface area contributed by atoms with Crippen LogP contribution in [-0.2, 0) is 15.7 Å². The van der Waals surface area contributed by atoms with Crippen molar-refractivity contribution in [3.05, 3.63) is 96.6 Å². The minimum Gasteiger partial charge on any atom is -0.444 e. The highest BCUT2D eigenvalue weighted by Gasteiger charge is 2.46. The summed E-state index contributed by atoms with van der Waals surface area (Å²) in [6.45, 7) is 13.6. The summed E-state index contributed by atoms with van der Waals surface area (Å²) in [5.74, 6) is -0.105. The minimum absolute atomic E-state index is 0.104. The first kappa shape index (κ1) is 31.4. The molecule has 3 aromatic rings. The summed E-state index contributed by atoms with van der Waals surface area (Å²) in [6.07, 6.45) is 1.11. The Labute approximate surface area is 241 Å². The third-order valence-corrected chi connectivity index (χ3v) is 11.6. The molecular weight excluding hydrogens is 515 g/mol. The van der Waals surface area contributed by atoms with Gasteiger partial charge in [-0.25, -0.2) is 4.79 Å². The third kappa shape index (κ3) is 8.66. The Morgan fingerprint density at radius 2 is 1.20 bits per heavy atom. The van der Waals surface area contributed by atoms with E-state index in [1.165, 1.54) is 16.2 Å². The van der Waals surface area contributed by atoms with E-state index in [1.54, 1.807) is 0 Å². The van der Waals surface area contributed by atoms with Crippen LogP contribution < -0.4 is 21.2 Å². The van der Waals surface area contributed by atoms with Gasteiger partial charge in [0, 0.05) is 0 Å². The highest BCUT2D eigenvalue weighted by atomic mass is 31.2. The molecule has 0 radical (unpaired) electrons. The Morgan fingerprint density at radius 1 is 0.725 bits per heavy atom. The van der Waals surface area contributed by atoms with E-state index in [1.807, 2.05) is 34.6 Å². The molecule has 0 saturated heterocycles. The average Bonchev–Trinajstić information content (AvgIpc) is 2.91. The molecule has 2 atom stereocenters. The number of hydrogen-bond donors (Lipinski definition) is 2. The quantitative estimate of drug-likeness (QED) is 0.261. The molecule has 0 aromatic heterocycles. The van der Waals surface area contributed by atoms with E-state index in [9.17, 15) is 9.59 Å². The average molecular weight is 562 g/mol. The van der Waals surface area contributed by atoms with Crippen molar-refractivity contribution in [1.82, 2.24) is 10.6 Å². The molecule has 0 aliphatic carbocycles. The minimum atomic E-state index is -2.03. The molecule has 0 bridgehead atoms. The van der Waals surface area contributed by atoms with Crippen LogP contribution in [0.3, 0.4) is 0 Å². The summed E-state index contributed by atoms with van der Waals surface area (Å²) >= 11 is 0. The lowest BCUT2D eigenvalue weighted by Gasteiger charge is -2.34. The normalized spacial score (nSPS) is 13.5. The van der Waals surface area contributed by atoms with Gasteiger partial charge in [-0.05, 0) is 62.4 Å². The molecule has 0 fully saturated rings. The third-order valence-electron chi connectivity index (χ3n) is 7.06. The molecule has 40 heavy (non-hydrogen) atoms. The second kappa shape index (κ2) is 13.9. The van der Waals surface area contributed by atoms with E-state index in [2.05, 4.69) is 115 Å². The Morgan fingerprint density at radius 3 is 1.62 bits per heavy atom. The molecule has 2 amide bonds. The van der Waals surface area contributed by atoms with E-state index < -0.39 is 25.0 Å². The zero-order valence-electron chi connectivity index (χ0n) is 25.1. The van der Waals surface area contributed by atoms with Crippen molar-refractivity contribution in [3.8, 4) is 0 Å². The van der Waals surface area contributed by atoms with Crippen LogP contribution in [0.15, 0.2) is 91.0 Å². The number of ether oxygens (including phenoxy) is 1. The molecule has 3 aromatic carbocycles. The number of carbonyl (C=O) groups excluding carboxylic acids is 2. The highest BCUT2D eigenvalue weighted by Crippen LogP contribution is 2.60. The van der Waals surface area contributed by atoms with Crippen molar-refractivity contribution in [2.75, 3.05) is 6.16 Å². The Kier molecular flexibility index (Phi) is 10.9. The molecule has 0 aliphatic heterocycles. The summed E-state index contributed by atoms with van der Waals surface area (Å²) in [7, 11) is -2.03. The van der Waals surface area contributed by atoms with Gasteiger partial charge in [-0.3, -0.25) is 4.79 Å². The Hall–Kier alpha value is -3.17. The number of amides is 2. The monoisotopic (exact) mass is 561 g/mol. The van der Waals surface area contributed by atoms with Gasteiger partial charge in [-0.1, -0.05) is 94.4 Å². The first-order chi connectivity index (χ1) is 18.9. The van der Waals surface area contributed by atoms with Gasteiger partial charge in [0.1, 0.15) is 11.6 Å². The molecule has 2 N–H and O–H groups in total. The molecule has 1 unspecified atom stereocenters. The van der Waals surface area contributed by atoms with Crippen LogP contribution >= 0.6 is 7.26 Å². The summed E-state index contributed by atoms with van der Waals surface area (Å²) in [6, 6.07) is 31.4. The van der Waals surface area contributed by atoms with Crippen molar-refractivity contribution >= 4 is 29.9 Å². The molecule has 214 valence electrons. The number of hydrogen-bond acceptors (Lipinski definition) is 3. The fourth-order valence-corrected chi connectivity index (χ4v) is 9.65. The standard InChI is InChI=1S/C34H45N2O3P/c1-25(2)30(35-32(37)31(26(3)4)36-33(38)39-34(5,6)7)24-40(28-19-13-9-14-20-28,29-21-15-10-16-22-29)23-27-17-11-8-12-18-27/h8-22,25-26,30-31H,23-24H2,1-7H3,(H-,35,36,37,38)/p+1/t30-,31?/m1/s1. The maximum Gasteiger partial charge on any atom is 0.408 e. The number of alkyl carbamates (subject to hydrolysis) is 1. The topological polar surface area (TPSA) is 67.4 Å². The van der Waals surface area contributed by atoms with Gasteiger partial charge in [0.15, 0.2) is 0 Å². The van der Waals surface area contributed by atoms with Crippen LogP contribution in [0.1, 0.15) is 54.0 Å². The van der Waals surface area contributed by atoms with Gasteiger partial charge in [-0.2, -0.15) is 0 Å². The fraction of sp³-hybridized carbons (Fsp3) is 0.412. The van der Waals surface area contributed by atoms with Gasteiger partial charge in [-0.15, -0.1) is 0 Å². The van der Waals surface area contributed by atoms with Crippen LogP contribution in [-0.4, -0.2) is 35.8 Å². The van der Waals surface area contributed by atoms with Crippen LogP contribution in [0.25, 0.3) is 0 Å². The van der Waals surface area contributed by atoms with Gasteiger partial charge >= 0.3 is 6.09 Å². The largest absolute Gasteiger partial charge is 0.444 e. The summed E-state index contributed by atoms with van der Waals surface area (Å²) < 4.78 is 5.46. The Balaban J connectivity index is 2.01. The van der Waals surface area contributed by atoms with Crippen molar-refractivity contribution in [2.45, 2.75) is 72.3 Å². The van der Waals surface area contributed by atoms with Crippen molar-refractivity contribution in [2.24, 2.45) is 11.8 Å². The number of nitrogens with one attached hydrogen (secondary N) is 2. The van der Waals surface area contributed by atoms with E-state index in [0.717, 1.165) is 12.3 Å². The molecule has 0 heterocycles. The molecule has 6 heteroatoms. The number of carbonyl (C=O) groups is 2. The first-order valence-electron chi connectivity index (χ1n) is 14.2. The SMILES string of the molecule is CC(C)C(NC(=O)OC(C)(C)C)C(=O)N[C@H](C[P+](Cc1ccccc1)(c1ccccc1)c1ccccc1)C(C)C. The fourth-order valence-electron chi connectivity index (χ4n) is 4.93. The second-order valence-corrected chi connectivity index (χ2v) is 15.8. The number of rotatable bonds is 11. The lowest BCUT2D eigenvalue weighted by molar-refractivity contribution is -0.125. The smallest absolute Gasteiger partial charge is 0.408 e. The summed E-state index contributed by atoms with van der Waals surface area (Å²) in [5.41, 5.74) is 0.638. The van der Waals surface area contributed by atoms with Crippen molar-refractivity contribution in [1.29, 1.82) is 0 Å². The zero-order valence-corrected chi connectivity index (χ0v) is 26.0. The van der Waals surface area contributed by atoms with Gasteiger partial charge in [0.25, 0.3) is 0 Å². The van der Waals surface area contributed by atoms with Crippen LogP contribution in [0.5, 0.6) is 0 Å². The molecular formula is C34H46N2O3P+. The van der Waals surface area contributed by atoms with Crippen molar-refractivity contribution < 1.29 is 14.3 Å². The summed E-state index contributed by atoms with van der Waals surface area (Å²) in [4.78, 5) is 26.3. The molecule has 0 saturated carbocycles. The zero-order chi connectivity index (χ0) is 29.3. The number of benzene rings is 3. The second-order valence-electron chi connectivity index (χ2n) is 12.2. The van der Waals surface area contributed by atoms with Gasteiger partial charge < -0.3 is 15.4 Å². The Bertz CT molecular complexity index is 1170. The van der Waals surface area contributed by atoms with Gasteiger partial charge in [0.05, 0.1) is 36.2 Å². The molecule has 0 aliphatic rings. The predicted octanol–water partition coefficient (Wildman–Crippen LogP) is 6.55.